The molecule has 0 aliphatic carbocycles. The van der Waals surface area contributed by atoms with E-state index < -0.39 is 11.9 Å². The van der Waals surface area contributed by atoms with E-state index in [2.05, 4.69) is 0 Å². The van der Waals surface area contributed by atoms with Crippen molar-refractivity contribution >= 4 is 0 Å². The van der Waals surface area contributed by atoms with Gasteiger partial charge < -0.3 is 19.3 Å². The third kappa shape index (κ3) is 2.92. The van der Waals surface area contributed by atoms with Crippen LogP contribution in [0.3, 0.4) is 0 Å². The van der Waals surface area contributed by atoms with Crippen LogP contribution >= 0.6 is 0 Å². The molecule has 21 heavy (non-hydrogen) atoms. The number of aliphatic hydroxyl groups is 1. The molecule has 4 nitrogen and oxygen atoms in total. The largest absolute Gasteiger partial charge is 0.494 e. The summed E-state index contributed by atoms with van der Waals surface area (Å²) >= 11 is 0. The fourth-order valence-electron chi connectivity index (χ4n) is 2.10. The van der Waals surface area contributed by atoms with Gasteiger partial charge in [0.1, 0.15) is 6.10 Å². The Bertz CT molecular complexity index is 628. The van der Waals surface area contributed by atoms with Crippen molar-refractivity contribution in [3.8, 4) is 17.2 Å². The van der Waals surface area contributed by atoms with E-state index in [-0.39, 0.29) is 11.3 Å². The highest BCUT2D eigenvalue weighted by atomic mass is 19.1. The Balaban J connectivity index is 2.42. The number of aliphatic hydroxyl groups excluding tert-OH is 1. The molecule has 2 aromatic carbocycles. The molecule has 0 saturated carbocycles. The summed E-state index contributed by atoms with van der Waals surface area (Å²) in [6.45, 7) is 0. The van der Waals surface area contributed by atoms with Crippen LogP contribution in [0.1, 0.15) is 17.2 Å². The van der Waals surface area contributed by atoms with Crippen molar-refractivity contribution in [1.29, 1.82) is 0 Å². The third-order valence-electron chi connectivity index (χ3n) is 3.23. The molecule has 0 aliphatic heterocycles. The van der Waals surface area contributed by atoms with Gasteiger partial charge in [0.25, 0.3) is 0 Å². The molecule has 112 valence electrons. The molecule has 1 N–H and O–H groups in total. The van der Waals surface area contributed by atoms with Gasteiger partial charge in [-0.3, -0.25) is 0 Å². The summed E-state index contributed by atoms with van der Waals surface area (Å²) < 4.78 is 29.4. The Morgan fingerprint density at radius 3 is 2.19 bits per heavy atom. The summed E-state index contributed by atoms with van der Waals surface area (Å²) in [6.07, 6.45) is -1.13. The molecule has 1 unspecified atom stereocenters. The predicted octanol–water partition coefficient (Wildman–Crippen LogP) is 2.93. The van der Waals surface area contributed by atoms with Crippen LogP contribution in [-0.2, 0) is 0 Å². The van der Waals surface area contributed by atoms with Gasteiger partial charge in [0.2, 0.25) is 0 Å². The first-order valence-electron chi connectivity index (χ1n) is 6.34. The maximum atomic E-state index is 14.2. The number of hydrogen-bond acceptors (Lipinski definition) is 4. The minimum atomic E-state index is -1.13. The van der Waals surface area contributed by atoms with Gasteiger partial charge in [0.15, 0.2) is 23.1 Å². The average Bonchev–Trinajstić information content (AvgIpc) is 2.53. The van der Waals surface area contributed by atoms with E-state index >= 15 is 0 Å². The first-order chi connectivity index (χ1) is 10.1. The van der Waals surface area contributed by atoms with Crippen molar-refractivity contribution < 1.29 is 23.7 Å². The molecule has 0 radical (unpaired) electrons. The van der Waals surface area contributed by atoms with Gasteiger partial charge in [-0.1, -0.05) is 18.2 Å². The van der Waals surface area contributed by atoms with E-state index in [0.29, 0.717) is 17.1 Å². The lowest BCUT2D eigenvalue weighted by Crippen LogP contribution is -2.04. The Morgan fingerprint density at radius 1 is 0.905 bits per heavy atom. The summed E-state index contributed by atoms with van der Waals surface area (Å²) in [5, 5.41) is 10.4. The average molecular weight is 292 g/mol. The SMILES string of the molecule is COc1ccc(C(O)c2cccc(OC)c2F)cc1OC. The number of ether oxygens (including phenoxy) is 3. The highest BCUT2D eigenvalue weighted by Crippen LogP contribution is 2.34. The quantitative estimate of drug-likeness (QED) is 0.920. The Labute approximate surface area is 122 Å². The van der Waals surface area contributed by atoms with Crippen LogP contribution in [0.25, 0.3) is 0 Å². The van der Waals surface area contributed by atoms with E-state index in [1.165, 1.54) is 33.5 Å². The molecule has 0 amide bonds. The van der Waals surface area contributed by atoms with Crippen LogP contribution < -0.4 is 14.2 Å². The second-order valence-electron chi connectivity index (χ2n) is 4.38. The topological polar surface area (TPSA) is 47.9 Å². The smallest absolute Gasteiger partial charge is 0.171 e. The van der Waals surface area contributed by atoms with Gasteiger partial charge >= 0.3 is 0 Å². The van der Waals surface area contributed by atoms with E-state index in [4.69, 9.17) is 14.2 Å². The van der Waals surface area contributed by atoms with Crippen molar-refractivity contribution in [2.75, 3.05) is 21.3 Å². The highest BCUT2D eigenvalue weighted by Gasteiger charge is 2.19. The first kappa shape index (κ1) is 15.1. The van der Waals surface area contributed by atoms with Gasteiger partial charge in [-0.25, -0.2) is 4.39 Å². The van der Waals surface area contributed by atoms with Crippen molar-refractivity contribution in [2.45, 2.75) is 6.10 Å². The van der Waals surface area contributed by atoms with Gasteiger partial charge in [0, 0.05) is 5.56 Å². The summed E-state index contributed by atoms with van der Waals surface area (Å²) in [6, 6.07) is 9.57. The van der Waals surface area contributed by atoms with Gasteiger partial charge in [0.05, 0.1) is 21.3 Å². The first-order valence-corrected chi connectivity index (χ1v) is 6.34. The highest BCUT2D eigenvalue weighted by molar-refractivity contribution is 5.46. The number of benzene rings is 2. The fraction of sp³-hybridized carbons (Fsp3) is 0.250. The standard InChI is InChI=1S/C16H17FO4/c1-19-12-8-7-10(9-14(12)21-3)16(18)11-5-4-6-13(20-2)15(11)17/h4-9,16,18H,1-3H3. The number of halogens is 1. The normalized spacial score (nSPS) is 11.9. The molecule has 0 saturated heterocycles. The zero-order valence-electron chi connectivity index (χ0n) is 12.1. The van der Waals surface area contributed by atoms with Crippen molar-refractivity contribution in [2.24, 2.45) is 0 Å². The zero-order chi connectivity index (χ0) is 15.4. The minimum absolute atomic E-state index is 0.0898. The van der Waals surface area contributed by atoms with Crippen LogP contribution in [0.2, 0.25) is 0 Å². The van der Waals surface area contributed by atoms with Gasteiger partial charge in [-0.2, -0.15) is 0 Å². The van der Waals surface area contributed by atoms with Crippen molar-refractivity contribution in [3.63, 3.8) is 0 Å². The fourth-order valence-corrected chi connectivity index (χ4v) is 2.10. The molecule has 5 heteroatoms. The molecule has 0 fully saturated rings. The second kappa shape index (κ2) is 6.45. The lowest BCUT2D eigenvalue weighted by Gasteiger charge is -2.16. The predicted molar refractivity (Wildman–Crippen MR) is 76.6 cm³/mol. The minimum Gasteiger partial charge on any atom is -0.494 e. The third-order valence-corrected chi connectivity index (χ3v) is 3.23. The lowest BCUT2D eigenvalue weighted by atomic mass is 10.0. The molecule has 0 aromatic heterocycles. The van der Waals surface area contributed by atoms with E-state index in [1.807, 2.05) is 0 Å². The van der Waals surface area contributed by atoms with Gasteiger partial charge in [-0.15, -0.1) is 0 Å². The molecular formula is C16H17FO4. The number of methoxy groups -OCH3 is 3. The molecule has 0 aliphatic rings. The van der Waals surface area contributed by atoms with Crippen LogP contribution in [-0.4, -0.2) is 26.4 Å². The summed E-state index contributed by atoms with van der Waals surface area (Å²) in [5.74, 6) is 0.520. The summed E-state index contributed by atoms with van der Waals surface area (Å²) in [4.78, 5) is 0. The molecule has 1 atom stereocenters. The van der Waals surface area contributed by atoms with Crippen molar-refractivity contribution in [3.05, 3.63) is 53.3 Å². The summed E-state index contributed by atoms with van der Waals surface area (Å²) in [5.41, 5.74) is 0.640. The Morgan fingerprint density at radius 2 is 1.57 bits per heavy atom. The Kier molecular flexibility index (Phi) is 4.65. The molecule has 2 rings (SSSR count). The molecular weight excluding hydrogens is 275 g/mol. The van der Waals surface area contributed by atoms with Crippen LogP contribution in [0.4, 0.5) is 4.39 Å². The van der Waals surface area contributed by atoms with E-state index in [0.717, 1.165) is 0 Å². The molecule has 0 bridgehead atoms. The molecule has 0 spiro atoms. The second-order valence-corrected chi connectivity index (χ2v) is 4.38. The molecule has 2 aromatic rings. The monoisotopic (exact) mass is 292 g/mol. The van der Waals surface area contributed by atoms with Gasteiger partial charge in [-0.05, 0) is 23.8 Å². The van der Waals surface area contributed by atoms with Crippen LogP contribution in [0, 0.1) is 5.82 Å². The molecule has 0 heterocycles. The van der Waals surface area contributed by atoms with E-state index in [1.54, 1.807) is 24.3 Å². The summed E-state index contributed by atoms with van der Waals surface area (Å²) in [7, 11) is 4.40. The Hall–Kier alpha value is -2.27. The maximum absolute atomic E-state index is 14.2. The lowest BCUT2D eigenvalue weighted by molar-refractivity contribution is 0.212. The van der Waals surface area contributed by atoms with E-state index in [9.17, 15) is 9.50 Å². The van der Waals surface area contributed by atoms with Crippen LogP contribution in [0.15, 0.2) is 36.4 Å². The maximum Gasteiger partial charge on any atom is 0.171 e. The number of hydrogen-bond donors (Lipinski definition) is 1. The van der Waals surface area contributed by atoms with Crippen LogP contribution in [0.5, 0.6) is 17.2 Å². The van der Waals surface area contributed by atoms with Crippen molar-refractivity contribution in [1.82, 2.24) is 0 Å². The number of rotatable bonds is 5. The zero-order valence-corrected chi connectivity index (χ0v) is 12.1.